The van der Waals surface area contributed by atoms with E-state index < -0.39 is 15.5 Å². The van der Waals surface area contributed by atoms with Gasteiger partial charge in [-0.15, -0.1) is 0 Å². The molecule has 5 rings (SSSR count). The molecule has 0 unspecified atom stereocenters. The minimum Gasteiger partial charge on any atom is -0.455 e. The lowest BCUT2D eigenvalue weighted by atomic mass is 10.1. The lowest BCUT2D eigenvalue weighted by Gasteiger charge is -2.13. The molecule has 3 heterocycles. The Morgan fingerprint density at radius 3 is 2.52 bits per heavy atom. The van der Waals surface area contributed by atoms with E-state index in [0.29, 0.717) is 51.8 Å². The van der Waals surface area contributed by atoms with Crippen molar-refractivity contribution in [1.29, 1.82) is 0 Å². The summed E-state index contributed by atoms with van der Waals surface area (Å²) >= 11 is 3.50. The molecule has 0 aliphatic heterocycles. The molecule has 3 aromatic heterocycles. The summed E-state index contributed by atoms with van der Waals surface area (Å²) in [5.74, 6) is 0.669. The van der Waals surface area contributed by atoms with Crippen molar-refractivity contribution < 1.29 is 30.8 Å². The van der Waals surface area contributed by atoms with E-state index in [1.54, 1.807) is 22.9 Å². The van der Waals surface area contributed by atoms with Gasteiger partial charge in [-0.3, -0.25) is 9.52 Å². The number of carbonyl (C=O) groups excluding carboxylic acids is 1. The monoisotopic (exact) mass is 663 g/mol. The Morgan fingerprint density at radius 1 is 1.10 bits per heavy atom. The summed E-state index contributed by atoms with van der Waals surface area (Å²) in [5, 5.41) is 3.40. The van der Waals surface area contributed by atoms with Crippen LogP contribution in [0.15, 0.2) is 57.4 Å². The highest BCUT2D eigenvalue weighted by molar-refractivity contribution is 9.10. The van der Waals surface area contributed by atoms with Crippen molar-refractivity contribution in [1.82, 2.24) is 19.9 Å². The minimum atomic E-state index is -5.65. The van der Waals surface area contributed by atoms with Gasteiger partial charge in [-0.05, 0) is 71.2 Å². The maximum Gasteiger partial charge on any atom is 0.516 e. The highest BCUT2D eigenvalue weighted by Crippen LogP contribution is 2.42. The smallest absolute Gasteiger partial charge is 0.455 e. The van der Waals surface area contributed by atoms with Gasteiger partial charge in [0.1, 0.15) is 22.6 Å². The average molecular weight is 665 g/mol. The third kappa shape index (κ3) is 5.36. The summed E-state index contributed by atoms with van der Waals surface area (Å²) in [5.41, 5.74) is -1.96. The van der Waals surface area contributed by atoms with Crippen LogP contribution in [0.1, 0.15) is 41.3 Å². The van der Waals surface area contributed by atoms with Crippen LogP contribution in [0.5, 0.6) is 0 Å². The van der Waals surface area contributed by atoms with E-state index in [0.717, 1.165) is 17.0 Å². The molecular weight excluding hydrogens is 639 g/mol. The van der Waals surface area contributed by atoms with Crippen LogP contribution in [0.4, 0.5) is 18.9 Å². The standard InChI is InChI=1S/C28H25BrF3N5O4S/c1-4-22-35-24-15(3)12-20(27(38)33-5-2)34-26(24)37(22)14-16-10-11-21-18(13-16)23(29)25(41-21)17-8-6-7-9-19(17)36-42(39,40)28(30,31)32/h6-13,36H,4-5,14H2,1-3H3,(H,33,38). The fourth-order valence-electron chi connectivity index (χ4n) is 4.63. The molecule has 0 atom stereocenters. The van der Waals surface area contributed by atoms with Crippen LogP contribution in [0, 0.1) is 6.92 Å². The highest BCUT2D eigenvalue weighted by Gasteiger charge is 2.46. The molecule has 1 amide bonds. The van der Waals surface area contributed by atoms with E-state index in [2.05, 4.69) is 26.2 Å². The van der Waals surface area contributed by atoms with Crippen molar-refractivity contribution in [3.05, 3.63) is 75.6 Å². The fourth-order valence-corrected chi connectivity index (χ4v) is 5.82. The predicted octanol–water partition coefficient (Wildman–Crippen LogP) is 6.54. The number of hydrogen-bond acceptors (Lipinski definition) is 6. The second-order valence-corrected chi connectivity index (χ2v) is 12.0. The third-order valence-electron chi connectivity index (χ3n) is 6.61. The van der Waals surface area contributed by atoms with E-state index in [1.165, 1.54) is 18.2 Å². The first kappa shape index (κ1) is 29.6. The number of aryl methyl sites for hydroxylation is 2. The van der Waals surface area contributed by atoms with Gasteiger partial charge in [0.05, 0.1) is 16.7 Å². The number of benzene rings is 2. The highest BCUT2D eigenvalue weighted by atomic mass is 79.9. The molecule has 0 aliphatic rings. The summed E-state index contributed by atoms with van der Waals surface area (Å²) in [6.07, 6.45) is 0.624. The predicted molar refractivity (Wildman–Crippen MR) is 157 cm³/mol. The van der Waals surface area contributed by atoms with Crippen LogP contribution in [0.25, 0.3) is 33.5 Å². The van der Waals surface area contributed by atoms with Gasteiger partial charge < -0.3 is 14.3 Å². The SMILES string of the molecule is CCNC(=O)c1cc(C)c2nc(CC)n(Cc3ccc4oc(-c5ccccc5NS(=O)(=O)C(F)(F)F)c(Br)c4c3)c2n1. The number of amides is 1. The van der Waals surface area contributed by atoms with Gasteiger partial charge in [0, 0.05) is 23.9 Å². The quantitative estimate of drug-likeness (QED) is 0.195. The van der Waals surface area contributed by atoms with Crippen molar-refractivity contribution in [3.8, 4) is 11.3 Å². The maximum absolute atomic E-state index is 13.1. The number of nitrogens with one attached hydrogen (secondary N) is 2. The molecule has 0 bridgehead atoms. The molecule has 220 valence electrons. The van der Waals surface area contributed by atoms with Crippen LogP contribution in [-0.4, -0.2) is 40.9 Å². The van der Waals surface area contributed by atoms with E-state index in [-0.39, 0.29) is 22.9 Å². The van der Waals surface area contributed by atoms with Crippen molar-refractivity contribution >= 4 is 59.7 Å². The Balaban J connectivity index is 1.56. The Hall–Kier alpha value is -3.91. The molecule has 0 fully saturated rings. The number of halogens is 4. The number of furan rings is 1. The second-order valence-electron chi connectivity index (χ2n) is 9.50. The van der Waals surface area contributed by atoms with Crippen LogP contribution in [-0.2, 0) is 23.0 Å². The van der Waals surface area contributed by atoms with Gasteiger partial charge in [-0.1, -0.05) is 25.1 Å². The maximum atomic E-state index is 13.1. The lowest BCUT2D eigenvalue weighted by molar-refractivity contribution is -0.0429. The van der Waals surface area contributed by atoms with Crippen LogP contribution >= 0.6 is 15.9 Å². The number of hydrogen-bond donors (Lipinski definition) is 2. The van der Waals surface area contributed by atoms with Gasteiger partial charge >= 0.3 is 15.5 Å². The van der Waals surface area contributed by atoms with Gasteiger partial charge in [0.15, 0.2) is 11.4 Å². The topological polar surface area (TPSA) is 119 Å². The number of pyridine rings is 1. The first-order valence-corrected chi connectivity index (χ1v) is 15.2. The Bertz CT molecular complexity index is 1950. The van der Waals surface area contributed by atoms with Crippen LogP contribution in [0.3, 0.4) is 0 Å². The average Bonchev–Trinajstić information content (AvgIpc) is 3.45. The second kappa shape index (κ2) is 11.1. The normalized spacial score (nSPS) is 12.3. The zero-order chi connectivity index (χ0) is 30.4. The van der Waals surface area contributed by atoms with E-state index in [4.69, 9.17) is 9.40 Å². The number of alkyl halides is 3. The van der Waals surface area contributed by atoms with Crippen molar-refractivity contribution in [2.75, 3.05) is 11.3 Å². The minimum absolute atomic E-state index is 0.126. The van der Waals surface area contributed by atoms with E-state index >= 15 is 0 Å². The number of rotatable bonds is 8. The number of nitrogens with zero attached hydrogens (tertiary/aromatic N) is 3. The van der Waals surface area contributed by atoms with Gasteiger partial charge in [-0.25, -0.2) is 9.97 Å². The van der Waals surface area contributed by atoms with E-state index in [9.17, 15) is 26.4 Å². The summed E-state index contributed by atoms with van der Waals surface area (Å²) < 4.78 is 72.7. The van der Waals surface area contributed by atoms with Crippen LogP contribution < -0.4 is 10.0 Å². The largest absolute Gasteiger partial charge is 0.516 e. The number of para-hydroxylation sites is 1. The molecule has 0 saturated heterocycles. The number of aromatic nitrogens is 3. The lowest BCUT2D eigenvalue weighted by Crippen LogP contribution is -2.30. The van der Waals surface area contributed by atoms with Gasteiger partial charge in [0.2, 0.25) is 0 Å². The van der Waals surface area contributed by atoms with Crippen molar-refractivity contribution in [3.63, 3.8) is 0 Å². The summed E-state index contributed by atoms with van der Waals surface area (Å²) in [7, 11) is -5.65. The Morgan fingerprint density at radius 2 is 1.83 bits per heavy atom. The Kier molecular flexibility index (Phi) is 7.79. The molecule has 14 heteroatoms. The van der Waals surface area contributed by atoms with Crippen molar-refractivity contribution in [2.45, 2.75) is 39.2 Å². The van der Waals surface area contributed by atoms with Crippen molar-refractivity contribution in [2.24, 2.45) is 0 Å². The summed E-state index contributed by atoms with van der Waals surface area (Å²) in [6, 6.07) is 12.8. The fraction of sp³-hybridized carbons (Fsp3) is 0.250. The number of anilines is 1. The number of carbonyl (C=O) groups is 1. The molecule has 0 aliphatic carbocycles. The van der Waals surface area contributed by atoms with Gasteiger partial charge in [-0.2, -0.15) is 21.6 Å². The Labute approximate surface area is 247 Å². The first-order valence-electron chi connectivity index (χ1n) is 12.9. The summed E-state index contributed by atoms with van der Waals surface area (Å²) in [4.78, 5) is 21.9. The molecule has 2 aromatic carbocycles. The molecule has 0 spiro atoms. The molecule has 42 heavy (non-hydrogen) atoms. The molecule has 0 radical (unpaired) electrons. The zero-order valence-corrected chi connectivity index (χ0v) is 25.0. The molecule has 0 saturated carbocycles. The van der Waals surface area contributed by atoms with Crippen LogP contribution in [0.2, 0.25) is 0 Å². The third-order valence-corrected chi connectivity index (χ3v) is 8.50. The summed E-state index contributed by atoms with van der Waals surface area (Å²) in [6.45, 7) is 6.53. The first-order chi connectivity index (χ1) is 19.8. The van der Waals surface area contributed by atoms with Gasteiger partial charge in [0.25, 0.3) is 5.91 Å². The number of fused-ring (bicyclic) bond motifs is 2. The molecule has 9 nitrogen and oxygen atoms in total. The number of sulfonamides is 1. The van der Waals surface area contributed by atoms with E-state index in [1.807, 2.05) is 37.5 Å². The zero-order valence-electron chi connectivity index (χ0n) is 22.6. The molecule has 5 aromatic rings. The molecular formula is C28H25BrF3N5O4S. The number of imidazole rings is 1. The molecule has 2 N–H and O–H groups in total.